The van der Waals surface area contributed by atoms with Crippen molar-refractivity contribution < 1.29 is 23.5 Å². The van der Waals surface area contributed by atoms with E-state index in [4.69, 9.17) is 15.2 Å². The molecule has 2 amide bonds. The molecule has 0 bridgehead atoms. The Labute approximate surface area is 279 Å². The highest BCUT2D eigenvalue weighted by Gasteiger charge is 2.29. The normalized spacial score (nSPS) is 19.3. The zero-order chi connectivity index (χ0) is 30.4. The maximum Gasteiger partial charge on any atom is 0.253 e. The van der Waals surface area contributed by atoms with Gasteiger partial charge in [0.1, 0.15) is 29.5 Å². The smallest absolute Gasteiger partial charge is 0.253 e. The van der Waals surface area contributed by atoms with Crippen LogP contribution < -0.4 is 25.8 Å². The highest BCUT2D eigenvalue weighted by molar-refractivity contribution is 5.94. The van der Waals surface area contributed by atoms with Gasteiger partial charge in [0.15, 0.2) is 0 Å². The van der Waals surface area contributed by atoms with Crippen LogP contribution in [0.3, 0.4) is 0 Å². The minimum Gasteiger partial charge on any atom is -0.490 e. The van der Waals surface area contributed by atoms with Crippen molar-refractivity contribution in [3.63, 3.8) is 0 Å². The highest BCUT2D eigenvalue weighted by atomic mass is 35.5. The first-order valence-electron chi connectivity index (χ1n) is 16.0. The molecule has 0 unspecified atom stereocenters. The van der Waals surface area contributed by atoms with Gasteiger partial charge in [-0.25, -0.2) is 4.39 Å². The summed E-state index contributed by atoms with van der Waals surface area (Å²) >= 11 is 0. The molecular formula is C34H49Cl2FN4O4. The number of nitrogens with one attached hydrogen (secondary N) is 2. The Morgan fingerprint density at radius 3 is 2.38 bits per heavy atom. The van der Waals surface area contributed by atoms with Crippen molar-refractivity contribution in [3.8, 4) is 11.5 Å². The van der Waals surface area contributed by atoms with E-state index in [1.165, 1.54) is 37.0 Å². The molecule has 2 aromatic carbocycles. The Balaban J connectivity index is 0.00000276. The molecule has 5 rings (SSSR count). The number of piperidine rings is 1. The van der Waals surface area contributed by atoms with Crippen molar-refractivity contribution in [2.45, 2.75) is 89.9 Å². The van der Waals surface area contributed by atoms with Gasteiger partial charge in [-0.05, 0) is 87.0 Å². The van der Waals surface area contributed by atoms with Gasteiger partial charge in [-0.1, -0.05) is 19.3 Å². The van der Waals surface area contributed by atoms with E-state index in [-0.39, 0.29) is 61.9 Å². The third kappa shape index (κ3) is 9.70. The predicted octanol–water partition coefficient (Wildman–Crippen LogP) is 5.74. The summed E-state index contributed by atoms with van der Waals surface area (Å²) in [4.78, 5) is 27.9. The van der Waals surface area contributed by atoms with Crippen molar-refractivity contribution in [2.24, 2.45) is 11.1 Å². The van der Waals surface area contributed by atoms with Crippen molar-refractivity contribution >= 4 is 36.6 Å². The Morgan fingerprint density at radius 1 is 0.978 bits per heavy atom. The summed E-state index contributed by atoms with van der Waals surface area (Å²) < 4.78 is 27.0. The molecule has 0 aromatic heterocycles. The van der Waals surface area contributed by atoms with Crippen LogP contribution in [0, 0.1) is 11.2 Å². The molecule has 2 heterocycles. The van der Waals surface area contributed by atoms with Crippen LogP contribution in [0.4, 0.5) is 4.39 Å². The second-order valence-electron chi connectivity index (χ2n) is 13.0. The van der Waals surface area contributed by atoms with Crippen LogP contribution in [0.1, 0.15) is 92.6 Å². The number of halogens is 3. The molecule has 0 radical (unpaired) electrons. The maximum absolute atomic E-state index is 14.4. The lowest BCUT2D eigenvalue weighted by Gasteiger charge is -2.33. The molecule has 2 aromatic rings. The Bertz CT molecular complexity index is 1280. The molecule has 4 N–H and O–H groups in total. The van der Waals surface area contributed by atoms with Gasteiger partial charge in [0.25, 0.3) is 5.91 Å². The van der Waals surface area contributed by atoms with Crippen LogP contribution in [0.25, 0.3) is 0 Å². The first kappa shape index (κ1) is 36.9. The predicted molar refractivity (Wildman–Crippen MR) is 179 cm³/mol. The summed E-state index contributed by atoms with van der Waals surface area (Å²) in [7, 11) is 0. The number of nitrogens with two attached hydrogens (primary N) is 1. The zero-order valence-corrected chi connectivity index (χ0v) is 28.1. The summed E-state index contributed by atoms with van der Waals surface area (Å²) in [5.41, 5.74) is 7.51. The van der Waals surface area contributed by atoms with Gasteiger partial charge in [-0.15, -0.1) is 24.8 Å². The van der Waals surface area contributed by atoms with E-state index in [1.807, 2.05) is 17.0 Å². The second-order valence-corrected chi connectivity index (χ2v) is 13.0. The first-order chi connectivity index (χ1) is 20.7. The van der Waals surface area contributed by atoms with Gasteiger partial charge in [-0.3, -0.25) is 9.59 Å². The summed E-state index contributed by atoms with van der Waals surface area (Å²) in [5, 5.41) is 6.20. The topological polar surface area (TPSA) is 106 Å². The fourth-order valence-electron chi connectivity index (χ4n) is 6.29. The van der Waals surface area contributed by atoms with Crippen LogP contribution in [-0.2, 0) is 11.3 Å². The van der Waals surface area contributed by atoms with Gasteiger partial charge >= 0.3 is 0 Å². The minimum atomic E-state index is -0.696. The summed E-state index contributed by atoms with van der Waals surface area (Å²) in [6.45, 7) is 6.93. The number of carbonyl (C=O) groups excluding carboxylic acids is 2. The first-order valence-corrected chi connectivity index (χ1v) is 16.0. The SMILES string of the molecule is CC(C)(CN)C(=O)NCc1cc(F)cc(OC2CCN(C(=O)c3ccc(O[C@H]4CCNC4)c(C4CCCCC4)c3)CC2)c1.Cl.Cl. The van der Waals surface area contributed by atoms with E-state index < -0.39 is 11.2 Å². The van der Waals surface area contributed by atoms with E-state index in [0.717, 1.165) is 38.1 Å². The van der Waals surface area contributed by atoms with Gasteiger partial charge in [0.2, 0.25) is 5.91 Å². The van der Waals surface area contributed by atoms with E-state index >= 15 is 0 Å². The number of nitrogens with zero attached hydrogens (tertiary/aromatic N) is 1. The summed E-state index contributed by atoms with van der Waals surface area (Å²) in [6.07, 6.45) is 8.35. The fourth-order valence-corrected chi connectivity index (χ4v) is 6.29. The Morgan fingerprint density at radius 2 is 1.71 bits per heavy atom. The third-order valence-electron chi connectivity index (χ3n) is 9.15. The number of likely N-dealkylation sites (tertiary alicyclic amines) is 1. The van der Waals surface area contributed by atoms with Gasteiger partial charge in [-0.2, -0.15) is 0 Å². The fraction of sp³-hybridized carbons (Fsp3) is 0.588. The van der Waals surface area contributed by atoms with E-state index in [9.17, 15) is 14.0 Å². The second kappa shape index (κ2) is 16.8. The van der Waals surface area contributed by atoms with Crippen molar-refractivity contribution in [1.82, 2.24) is 15.5 Å². The molecule has 1 saturated carbocycles. The number of benzene rings is 2. The summed E-state index contributed by atoms with van der Waals surface area (Å²) in [6, 6.07) is 10.5. The third-order valence-corrected chi connectivity index (χ3v) is 9.15. The molecule has 3 fully saturated rings. The lowest BCUT2D eigenvalue weighted by molar-refractivity contribution is -0.129. The van der Waals surface area contributed by atoms with Crippen molar-refractivity contribution in [1.29, 1.82) is 0 Å². The average Bonchev–Trinajstić information content (AvgIpc) is 3.53. The lowest BCUT2D eigenvalue weighted by Crippen LogP contribution is -2.42. The van der Waals surface area contributed by atoms with Gasteiger partial charge < -0.3 is 30.7 Å². The monoisotopic (exact) mass is 666 g/mol. The number of rotatable bonds is 10. The van der Waals surface area contributed by atoms with Crippen molar-refractivity contribution in [3.05, 3.63) is 58.9 Å². The number of amides is 2. The van der Waals surface area contributed by atoms with E-state index in [2.05, 4.69) is 16.7 Å². The summed E-state index contributed by atoms with van der Waals surface area (Å²) in [5.74, 6) is 1.23. The molecule has 3 aliphatic rings. The zero-order valence-electron chi connectivity index (χ0n) is 26.4. The largest absolute Gasteiger partial charge is 0.490 e. The molecular weight excluding hydrogens is 618 g/mol. The van der Waals surface area contributed by atoms with Gasteiger partial charge in [0, 0.05) is 57.2 Å². The van der Waals surface area contributed by atoms with Crippen LogP contribution >= 0.6 is 24.8 Å². The molecule has 250 valence electrons. The molecule has 2 aliphatic heterocycles. The quantitative estimate of drug-likeness (QED) is 0.299. The molecule has 11 heteroatoms. The highest BCUT2D eigenvalue weighted by Crippen LogP contribution is 2.39. The van der Waals surface area contributed by atoms with Gasteiger partial charge in [0.05, 0.1) is 5.41 Å². The van der Waals surface area contributed by atoms with E-state index in [0.29, 0.717) is 48.7 Å². The van der Waals surface area contributed by atoms with Crippen LogP contribution in [0.5, 0.6) is 11.5 Å². The Hall–Kier alpha value is -2.59. The minimum absolute atomic E-state index is 0. The molecule has 45 heavy (non-hydrogen) atoms. The molecule has 8 nitrogen and oxygen atoms in total. The molecule has 0 spiro atoms. The number of hydrogen-bond donors (Lipinski definition) is 3. The van der Waals surface area contributed by atoms with Crippen LogP contribution in [0.2, 0.25) is 0 Å². The maximum atomic E-state index is 14.4. The lowest BCUT2D eigenvalue weighted by atomic mass is 9.83. The van der Waals surface area contributed by atoms with Crippen LogP contribution in [0.15, 0.2) is 36.4 Å². The number of ether oxygens (including phenoxy) is 2. The molecule has 1 atom stereocenters. The Kier molecular flexibility index (Phi) is 13.8. The van der Waals surface area contributed by atoms with Crippen LogP contribution in [-0.4, -0.2) is 61.6 Å². The number of hydrogen-bond acceptors (Lipinski definition) is 6. The standard InChI is InChI=1S/C34H47FN4O4.2ClH/c1-34(2,22-36)33(41)38-20-23-16-26(35)19-29(17-23)42-27-11-14-39(15-12-27)32(40)25-8-9-31(43-28-10-13-37-21-28)30(18-25)24-6-4-3-5-7-24;;/h8-9,16-19,24,27-28,37H,3-7,10-15,20-22,36H2,1-2H3,(H,38,41);2*1H/t28-;;/m0../s1. The van der Waals surface area contributed by atoms with Crippen molar-refractivity contribution in [2.75, 3.05) is 32.7 Å². The molecule has 1 aliphatic carbocycles. The number of carbonyl (C=O) groups is 2. The molecule has 2 saturated heterocycles. The average molecular weight is 668 g/mol. The van der Waals surface area contributed by atoms with E-state index in [1.54, 1.807) is 19.9 Å².